The fourth-order valence-corrected chi connectivity index (χ4v) is 27.8. The summed E-state index contributed by atoms with van der Waals surface area (Å²) >= 11 is 0. The highest BCUT2D eigenvalue weighted by molar-refractivity contribution is 8.50. The lowest BCUT2D eigenvalue weighted by Crippen LogP contribution is -1.48. The molecule has 0 nitrogen and oxygen atoms in total. The first-order valence-electron chi connectivity index (χ1n) is 3.37. The van der Waals surface area contributed by atoms with E-state index < -0.39 is 0 Å². The normalized spacial score (nSPS) is 14.5. The Morgan fingerprint density at radius 3 is 3.25 bits per heavy atom. The van der Waals surface area contributed by atoms with Crippen LogP contribution in [0.2, 0.25) is 0 Å². The summed E-state index contributed by atoms with van der Waals surface area (Å²) < 4.78 is 0. The van der Waals surface area contributed by atoms with Crippen LogP contribution in [0.1, 0.15) is 0 Å². The van der Waals surface area contributed by atoms with Gasteiger partial charge in [0.25, 0.3) is 0 Å². The van der Waals surface area contributed by atoms with Crippen LogP contribution in [-0.4, -0.2) is 0 Å². The number of rotatable bonds is 0. The molecule has 2 heterocycles. The molecule has 2 aliphatic heterocycles. The average molecular weight is 264 g/mol. The number of hydrogen-bond acceptors (Lipinski definition) is 0. The molecule has 6 heteroatoms. The molecule has 12 heavy (non-hydrogen) atoms. The van der Waals surface area contributed by atoms with Gasteiger partial charge in [-0.3, -0.25) is 0 Å². The van der Waals surface area contributed by atoms with E-state index in [0.29, 0.717) is 0 Å². The van der Waals surface area contributed by atoms with Gasteiger partial charge < -0.3 is 0 Å². The predicted octanol–water partition coefficient (Wildman–Crippen LogP) is 6.58. The molecule has 2 aliphatic rings. The Bertz CT molecular complexity index is 338. The average Bonchev–Trinajstić information content (AvgIpc) is 2.06. The maximum Gasteiger partial charge on any atom is 0.0379 e. The molecule has 0 aromatic heterocycles. The quantitative estimate of drug-likeness (QED) is 0.504. The van der Waals surface area contributed by atoms with Crippen LogP contribution in [0, 0.1) is 0 Å². The zero-order valence-corrected chi connectivity index (χ0v) is 11.6. The summed E-state index contributed by atoms with van der Waals surface area (Å²) in [5, 5.41) is 1.70. The fourth-order valence-electron chi connectivity index (χ4n) is 0.774. The van der Waals surface area contributed by atoms with E-state index in [1.807, 2.05) is 0 Å². The molecule has 2 rings (SSSR count). The van der Waals surface area contributed by atoms with Crippen LogP contribution >= 0.6 is 45.3 Å². The van der Waals surface area contributed by atoms with Gasteiger partial charge in [0.1, 0.15) is 0 Å². The monoisotopic (exact) mass is 264 g/mol. The zero-order valence-electron chi connectivity index (χ0n) is 6.12. The molecule has 0 radical (unpaired) electrons. The summed E-state index contributed by atoms with van der Waals surface area (Å²) in [7, 11) is 7.55. The lowest BCUT2D eigenvalue weighted by Gasteiger charge is -1.97. The summed E-state index contributed by atoms with van der Waals surface area (Å²) in [6.07, 6.45) is 0. The molecule has 0 aliphatic carbocycles. The summed E-state index contributed by atoms with van der Waals surface area (Å²) in [5.74, 6) is 2.30. The summed E-state index contributed by atoms with van der Waals surface area (Å²) in [6, 6.07) is 8.82. The van der Waals surface area contributed by atoms with Crippen molar-refractivity contribution < 1.29 is 0 Å². The molecule has 0 N–H and O–H groups in total. The van der Waals surface area contributed by atoms with Crippen molar-refractivity contribution in [1.29, 1.82) is 0 Å². The summed E-state index contributed by atoms with van der Waals surface area (Å²) in [6.45, 7) is 0.202. The third-order valence-electron chi connectivity index (χ3n) is 1.28. The molecular formula is C6H6P6. The van der Waals surface area contributed by atoms with E-state index in [0.717, 1.165) is 0 Å². The highest BCUT2D eigenvalue weighted by Crippen LogP contribution is 2.64. The Kier molecular flexibility index (Phi) is 4.02. The molecule has 0 bridgehead atoms. The van der Waals surface area contributed by atoms with E-state index in [2.05, 4.69) is 30.1 Å². The molecule has 0 saturated heterocycles. The van der Waals surface area contributed by atoms with Crippen LogP contribution in [0.25, 0.3) is 5.04 Å². The first-order chi connectivity index (χ1) is 5.97. The lowest BCUT2D eigenvalue weighted by molar-refractivity contribution is 1.88. The second-order valence-electron chi connectivity index (χ2n) is 2.07. The minimum atomic E-state index is 0.202. The standard InChI is InChI=1S/C6H6P6/c1-2-4-6-8-9-10-11-12(6)7-5-3-1/h1-5,11H. The smallest absolute Gasteiger partial charge is 0.0379 e. The van der Waals surface area contributed by atoms with E-state index in [9.17, 15) is 0 Å². The molecule has 0 saturated carbocycles. The Morgan fingerprint density at radius 2 is 2.25 bits per heavy atom. The van der Waals surface area contributed by atoms with Crippen LogP contribution in [0.5, 0.6) is 0 Å². The third kappa shape index (κ3) is 2.50. The van der Waals surface area contributed by atoms with Gasteiger partial charge in [-0.25, -0.2) is 0 Å². The Labute approximate surface area is 80.5 Å². The van der Waals surface area contributed by atoms with Crippen molar-refractivity contribution in [3.63, 3.8) is 0 Å². The van der Waals surface area contributed by atoms with Crippen LogP contribution < -0.4 is 0 Å². The molecule has 0 amide bonds. The van der Waals surface area contributed by atoms with Crippen molar-refractivity contribution in [3.8, 4) is 5.04 Å². The largest absolute Gasteiger partial charge is 0.0758 e. The van der Waals surface area contributed by atoms with Gasteiger partial charge in [0.15, 0.2) is 0 Å². The van der Waals surface area contributed by atoms with Gasteiger partial charge in [0, 0.05) is 5.04 Å². The van der Waals surface area contributed by atoms with Crippen molar-refractivity contribution in [2.45, 2.75) is 0 Å². The summed E-state index contributed by atoms with van der Waals surface area (Å²) in [5.41, 5.74) is 0. The molecule has 0 fully saturated rings. The van der Waals surface area contributed by atoms with E-state index in [1.54, 1.807) is 35.9 Å². The van der Waals surface area contributed by atoms with Crippen molar-refractivity contribution in [3.05, 3.63) is 30.1 Å². The summed E-state index contributed by atoms with van der Waals surface area (Å²) in [4.78, 5) is 0. The minimum Gasteiger partial charge on any atom is -0.0758 e. The van der Waals surface area contributed by atoms with Gasteiger partial charge >= 0.3 is 0 Å². The number of hydrogen-bond donors (Lipinski definition) is 0. The van der Waals surface area contributed by atoms with Gasteiger partial charge in [-0.15, -0.1) is 0 Å². The van der Waals surface area contributed by atoms with Gasteiger partial charge in [-0.05, 0) is 49.6 Å². The van der Waals surface area contributed by atoms with Crippen LogP contribution in [-0.2, 0) is 0 Å². The second kappa shape index (κ2) is 5.04. The van der Waals surface area contributed by atoms with E-state index >= 15 is 0 Å². The molecule has 0 aromatic rings. The third-order valence-corrected chi connectivity index (χ3v) is 22.5. The van der Waals surface area contributed by atoms with Gasteiger partial charge in [-0.2, -0.15) is 0 Å². The van der Waals surface area contributed by atoms with Crippen LogP contribution in [0.15, 0.2) is 30.1 Å². The highest BCUT2D eigenvalue weighted by atomic mass is 32.5. The molecular weight excluding hydrogens is 258 g/mol. The molecule has 2 atom stereocenters. The van der Waals surface area contributed by atoms with Gasteiger partial charge in [0.05, 0.1) is 0 Å². The maximum atomic E-state index is 2.33. The molecule has 0 aromatic carbocycles. The fraction of sp³-hybridized carbons (Fsp3) is 0. The predicted molar refractivity (Wildman–Crippen MR) is 68.9 cm³/mol. The van der Waals surface area contributed by atoms with Crippen molar-refractivity contribution in [1.82, 2.24) is 0 Å². The Morgan fingerprint density at radius 1 is 1.25 bits per heavy atom. The van der Waals surface area contributed by atoms with Crippen LogP contribution in [0.4, 0.5) is 0 Å². The Hall–Kier alpha value is 1.02. The van der Waals surface area contributed by atoms with Crippen LogP contribution in [0.3, 0.4) is 0 Å². The first kappa shape index (κ1) is 9.57. The van der Waals surface area contributed by atoms with E-state index in [-0.39, 0.29) is 6.89 Å². The van der Waals surface area contributed by atoms with Crippen molar-refractivity contribution >= 4 is 45.3 Å². The maximum absolute atomic E-state index is 2.33. The van der Waals surface area contributed by atoms with Gasteiger partial charge in [-0.1, -0.05) is 25.7 Å². The first-order valence-corrected chi connectivity index (χ1v) is 13.2. The van der Waals surface area contributed by atoms with E-state index in [1.165, 1.54) is 7.55 Å². The topological polar surface area (TPSA) is 0 Å². The van der Waals surface area contributed by atoms with E-state index in [4.69, 9.17) is 0 Å². The van der Waals surface area contributed by atoms with Crippen molar-refractivity contribution in [2.24, 2.45) is 0 Å². The lowest BCUT2D eigenvalue weighted by atomic mass is 10.5. The highest BCUT2D eigenvalue weighted by Gasteiger charge is 1.93. The molecule has 2 unspecified atom stereocenters. The Balaban J connectivity index is 2.71. The second-order valence-corrected chi connectivity index (χ2v) is 17.2. The van der Waals surface area contributed by atoms with Gasteiger partial charge in [0.2, 0.25) is 0 Å². The molecule has 60 valence electrons. The number of fused-ring (bicyclic) bond motifs is 1. The molecule has 0 spiro atoms. The minimum absolute atomic E-state index is 0.202. The zero-order chi connectivity index (χ0) is 8.23. The SMILES string of the molecule is c1ccpp2[pH]pppc-2cc1. The van der Waals surface area contributed by atoms with Crippen molar-refractivity contribution in [2.75, 3.05) is 0 Å².